The van der Waals surface area contributed by atoms with Crippen molar-refractivity contribution < 1.29 is 9.53 Å². The first-order valence-corrected chi connectivity index (χ1v) is 12.3. The number of benzene rings is 2. The molecular weight excluding hydrogens is 382 g/mol. The molecule has 1 amide bonds. The Morgan fingerprint density at radius 3 is 2.39 bits per heavy atom. The minimum absolute atomic E-state index is 0.0806. The van der Waals surface area contributed by atoms with Crippen LogP contribution in [0.25, 0.3) is 0 Å². The number of amides is 1. The molecule has 160 valence electrons. The maximum absolute atomic E-state index is 14.2. The van der Waals surface area contributed by atoms with Gasteiger partial charge in [0.1, 0.15) is 0 Å². The maximum atomic E-state index is 14.2. The van der Waals surface area contributed by atoms with Gasteiger partial charge in [0.25, 0.3) is 0 Å². The van der Waals surface area contributed by atoms with E-state index in [1.165, 1.54) is 30.4 Å². The lowest BCUT2D eigenvalue weighted by Gasteiger charge is -2.54. The summed E-state index contributed by atoms with van der Waals surface area (Å²) in [6.07, 6.45) is 7.10. The smallest absolute Gasteiger partial charge is 0.228 e. The fourth-order valence-corrected chi connectivity index (χ4v) is 8.36. The van der Waals surface area contributed by atoms with E-state index < -0.39 is 5.72 Å². The molecule has 2 heterocycles. The zero-order valence-electron chi connectivity index (χ0n) is 18.0. The summed E-state index contributed by atoms with van der Waals surface area (Å²) in [7, 11) is 0. The Balaban J connectivity index is 1.32. The molecule has 2 aromatic rings. The number of hydrogen-bond acceptors (Lipinski definition) is 2. The van der Waals surface area contributed by atoms with Crippen molar-refractivity contribution in [2.45, 2.75) is 56.2 Å². The molecule has 2 bridgehead atoms. The Kier molecular flexibility index (Phi) is 3.98. The van der Waals surface area contributed by atoms with Gasteiger partial charge in [-0.05, 0) is 61.8 Å². The second-order valence-corrected chi connectivity index (χ2v) is 10.7. The number of hydrogen-bond donors (Lipinski definition) is 0. The van der Waals surface area contributed by atoms with Crippen LogP contribution in [0.1, 0.15) is 55.6 Å². The van der Waals surface area contributed by atoms with Crippen molar-refractivity contribution in [3.8, 4) is 0 Å². The fraction of sp³-hybridized carbons (Fsp3) is 0.536. The van der Waals surface area contributed by atoms with Gasteiger partial charge in [-0.3, -0.25) is 4.79 Å². The van der Waals surface area contributed by atoms with Gasteiger partial charge in [0.15, 0.2) is 5.72 Å². The third-order valence-electron chi connectivity index (χ3n) is 9.56. The Morgan fingerprint density at radius 1 is 0.839 bits per heavy atom. The molecular formula is C28H31NO2. The summed E-state index contributed by atoms with van der Waals surface area (Å²) >= 11 is 0. The number of carbonyl (C=O) groups is 1. The summed E-state index contributed by atoms with van der Waals surface area (Å²) < 4.78 is 6.93. The summed E-state index contributed by atoms with van der Waals surface area (Å²) in [5, 5.41) is 0. The lowest BCUT2D eigenvalue weighted by molar-refractivity contribution is -0.243. The summed E-state index contributed by atoms with van der Waals surface area (Å²) in [4.78, 5) is 16.5. The third-order valence-corrected chi connectivity index (χ3v) is 9.56. The highest BCUT2D eigenvalue weighted by atomic mass is 16.5. The zero-order valence-corrected chi connectivity index (χ0v) is 18.0. The van der Waals surface area contributed by atoms with Gasteiger partial charge in [-0.25, -0.2) is 0 Å². The molecule has 2 aromatic carbocycles. The van der Waals surface area contributed by atoms with Crippen molar-refractivity contribution in [1.29, 1.82) is 0 Å². The summed E-state index contributed by atoms with van der Waals surface area (Å²) in [6.45, 7) is 0.829. The lowest BCUT2D eigenvalue weighted by Crippen LogP contribution is -2.62. The molecule has 3 nitrogen and oxygen atoms in total. The van der Waals surface area contributed by atoms with E-state index in [2.05, 4.69) is 65.6 Å². The average molecular weight is 414 g/mol. The van der Waals surface area contributed by atoms with Gasteiger partial charge in [-0.1, -0.05) is 60.7 Å². The molecule has 0 aromatic heterocycles. The van der Waals surface area contributed by atoms with Crippen LogP contribution in [0.15, 0.2) is 60.7 Å². The number of ether oxygens (including phenoxy) is 1. The molecule has 3 heteroatoms. The Hall–Kier alpha value is -2.13. The molecule has 2 saturated heterocycles. The zero-order chi connectivity index (χ0) is 20.6. The Morgan fingerprint density at radius 2 is 1.58 bits per heavy atom. The van der Waals surface area contributed by atoms with E-state index in [1.54, 1.807) is 0 Å². The Bertz CT molecular complexity index is 991. The average Bonchev–Trinajstić information content (AvgIpc) is 3.52. The van der Waals surface area contributed by atoms with E-state index in [-0.39, 0.29) is 11.8 Å². The summed E-state index contributed by atoms with van der Waals surface area (Å²) in [5.41, 5.74) is 2.05. The third kappa shape index (κ3) is 2.42. The molecule has 2 aliphatic heterocycles. The van der Waals surface area contributed by atoms with E-state index in [0.29, 0.717) is 29.7 Å². The molecule has 3 saturated carbocycles. The van der Waals surface area contributed by atoms with Crippen molar-refractivity contribution >= 4 is 5.91 Å². The van der Waals surface area contributed by atoms with Crippen LogP contribution < -0.4 is 0 Å². The molecule has 8 atom stereocenters. The standard InChI is InChI=1S/C28H31NO2/c30-27-23-16-19(18-7-3-1-4-8-18)13-14-25(23)28(22-9-5-2-6-10-22)29(27)26-21-12-11-20(15-21)24(26)17-31-28/h1-10,19-21,23-26H,11-17H2/t19-,20-,21+,23+,24-,25-,26+,28-/m0/s1. The molecule has 31 heavy (non-hydrogen) atoms. The van der Waals surface area contributed by atoms with Crippen molar-refractivity contribution in [3.63, 3.8) is 0 Å². The molecule has 3 aliphatic carbocycles. The Labute approximate surface area is 184 Å². The van der Waals surface area contributed by atoms with E-state index in [0.717, 1.165) is 31.8 Å². The van der Waals surface area contributed by atoms with Crippen molar-refractivity contribution in [2.24, 2.45) is 29.6 Å². The number of carbonyl (C=O) groups excluding carboxylic acids is 1. The fourth-order valence-electron chi connectivity index (χ4n) is 8.36. The first-order chi connectivity index (χ1) is 15.3. The van der Waals surface area contributed by atoms with Crippen LogP contribution in [0.2, 0.25) is 0 Å². The van der Waals surface area contributed by atoms with Crippen molar-refractivity contribution in [1.82, 2.24) is 4.90 Å². The number of rotatable bonds is 2. The molecule has 0 spiro atoms. The van der Waals surface area contributed by atoms with E-state index >= 15 is 0 Å². The number of fused-ring (bicyclic) bond motifs is 9. The molecule has 5 fully saturated rings. The van der Waals surface area contributed by atoms with Gasteiger partial charge in [0, 0.05) is 29.4 Å². The highest BCUT2D eigenvalue weighted by molar-refractivity contribution is 5.84. The molecule has 5 aliphatic rings. The van der Waals surface area contributed by atoms with Gasteiger partial charge < -0.3 is 9.64 Å². The highest BCUT2D eigenvalue weighted by Crippen LogP contribution is 2.63. The second-order valence-electron chi connectivity index (χ2n) is 10.7. The molecule has 0 radical (unpaired) electrons. The first kappa shape index (κ1) is 18.4. The minimum atomic E-state index is -0.545. The van der Waals surface area contributed by atoms with Gasteiger partial charge in [-0.15, -0.1) is 0 Å². The normalized spacial score (nSPS) is 42.9. The van der Waals surface area contributed by atoms with E-state index in [9.17, 15) is 4.79 Å². The predicted molar refractivity (Wildman–Crippen MR) is 119 cm³/mol. The van der Waals surface area contributed by atoms with Crippen LogP contribution in [-0.4, -0.2) is 23.5 Å². The van der Waals surface area contributed by atoms with Crippen molar-refractivity contribution in [3.05, 3.63) is 71.8 Å². The van der Waals surface area contributed by atoms with Crippen LogP contribution in [0.5, 0.6) is 0 Å². The first-order valence-electron chi connectivity index (χ1n) is 12.3. The summed E-state index contributed by atoms with van der Waals surface area (Å²) in [6, 6.07) is 22.0. The van der Waals surface area contributed by atoms with Gasteiger partial charge in [-0.2, -0.15) is 0 Å². The quantitative estimate of drug-likeness (QED) is 0.666. The van der Waals surface area contributed by atoms with Gasteiger partial charge in [0.2, 0.25) is 5.91 Å². The van der Waals surface area contributed by atoms with Crippen LogP contribution in [-0.2, 0) is 15.3 Å². The topological polar surface area (TPSA) is 29.5 Å². The maximum Gasteiger partial charge on any atom is 0.228 e. The predicted octanol–water partition coefficient (Wildman–Crippen LogP) is 5.33. The molecule has 0 N–H and O–H groups in total. The van der Waals surface area contributed by atoms with E-state index in [1.807, 2.05) is 0 Å². The van der Waals surface area contributed by atoms with Gasteiger partial charge >= 0.3 is 0 Å². The van der Waals surface area contributed by atoms with Crippen LogP contribution in [0, 0.1) is 29.6 Å². The lowest BCUT2D eigenvalue weighted by atomic mass is 9.68. The SMILES string of the molecule is O=C1[C@@H]2C[C@@H](c3ccccc3)CC[C@@H]2[C@]2(c3ccccc3)OC[C@H]3[C@H]4CC[C@H](C4)[C@H]3N12. The largest absolute Gasteiger partial charge is 0.350 e. The van der Waals surface area contributed by atoms with Crippen molar-refractivity contribution in [2.75, 3.05) is 6.61 Å². The van der Waals surface area contributed by atoms with Crippen LogP contribution in [0.3, 0.4) is 0 Å². The summed E-state index contributed by atoms with van der Waals surface area (Å²) in [5.74, 6) is 3.20. The number of nitrogens with zero attached hydrogens (tertiary/aromatic N) is 1. The second kappa shape index (κ2) is 6.68. The highest BCUT2D eigenvalue weighted by Gasteiger charge is 2.69. The molecule has 0 unspecified atom stereocenters. The molecule has 7 rings (SSSR count). The van der Waals surface area contributed by atoms with Crippen LogP contribution in [0.4, 0.5) is 0 Å². The van der Waals surface area contributed by atoms with Gasteiger partial charge in [0.05, 0.1) is 6.61 Å². The minimum Gasteiger partial charge on any atom is -0.350 e. The monoisotopic (exact) mass is 413 g/mol. The van der Waals surface area contributed by atoms with E-state index in [4.69, 9.17) is 4.74 Å². The van der Waals surface area contributed by atoms with Crippen LogP contribution >= 0.6 is 0 Å².